The summed E-state index contributed by atoms with van der Waals surface area (Å²) in [5.74, 6) is 0. The third-order valence-corrected chi connectivity index (χ3v) is 2.79. The van der Waals surface area contributed by atoms with Crippen molar-refractivity contribution in [2.45, 2.75) is 0 Å². The van der Waals surface area contributed by atoms with E-state index in [9.17, 15) is 0 Å². The van der Waals surface area contributed by atoms with Gasteiger partial charge in [-0.1, -0.05) is 0 Å². The summed E-state index contributed by atoms with van der Waals surface area (Å²) in [6.07, 6.45) is 0. The second-order valence-corrected chi connectivity index (χ2v) is 17.1. The molecule has 38 valence electrons. The molecule has 0 aromatic heterocycles. The van der Waals surface area contributed by atoms with Crippen molar-refractivity contribution in [2.24, 2.45) is 0 Å². The molecule has 0 heterocycles. The van der Waals surface area contributed by atoms with Gasteiger partial charge in [0, 0.05) is 0 Å². The number of aliphatic hydroxyl groups is 1. The molecule has 0 aromatic carbocycles. The molecule has 0 spiro atoms. The number of hydrogen-bond donors (Lipinski definition) is 1. The van der Waals surface area contributed by atoms with Crippen LogP contribution in [0, 0.1) is 0 Å². The topological polar surface area (TPSA) is 20.2 Å². The van der Waals surface area contributed by atoms with Crippen molar-refractivity contribution < 1.29 is 5.11 Å². The Kier molecular flexibility index (Phi) is 3.22. The zero-order chi connectivity index (χ0) is 5.21. The van der Waals surface area contributed by atoms with Crippen LogP contribution < -0.4 is 0 Å². The quantitative estimate of drug-likeness (QED) is 0.644. The molecule has 0 radical (unpaired) electrons. The van der Waals surface area contributed by atoms with Gasteiger partial charge in [0.1, 0.15) is 0 Å². The maximum absolute atomic E-state index is 8.09. The minimum absolute atomic E-state index is 0.245. The van der Waals surface area contributed by atoms with Gasteiger partial charge in [0.05, 0.1) is 0 Å². The average molecular weight is 210 g/mol. The minimum atomic E-state index is -3.07. The van der Waals surface area contributed by atoms with E-state index in [1.54, 1.807) is 0 Å². The average Bonchev–Trinajstić information content (AvgIpc) is 1.35. The molecule has 0 saturated carbocycles. The molecule has 1 nitrogen and oxygen atoms in total. The zero-order valence-corrected chi connectivity index (χ0v) is 7.15. The summed E-state index contributed by atoms with van der Waals surface area (Å²) >= 11 is 0. The van der Waals surface area contributed by atoms with Crippen molar-refractivity contribution >= 4 is 40.5 Å². The molecule has 0 fully saturated rings. The standard InChI is InChI=1S/CH3Cl3GeO/c2-5(3,4)1-6/h6H,1H2. The summed E-state index contributed by atoms with van der Waals surface area (Å²) in [5.41, 5.74) is -0.245. The Balaban J connectivity index is 3.17. The van der Waals surface area contributed by atoms with Crippen molar-refractivity contribution in [3.05, 3.63) is 0 Å². The predicted octanol–water partition coefficient (Wildman–Crippen LogP) is 1.17. The monoisotopic (exact) mass is 210 g/mol. The van der Waals surface area contributed by atoms with Crippen LogP contribution in [0.3, 0.4) is 0 Å². The van der Waals surface area contributed by atoms with Crippen LogP contribution >= 0.6 is 30.0 Å². The van der Waals surface area contributed by atoms with E-state index < -0.39 is 10.5 Å². The zero-order valence-electron chi connectivity index (χ0n) is 2.79. The Bertz CT molecular complexity index is 40.5. The summed E-state index contributed by atoms with van der Waals surface area (Å²) in [6, 6.07) is 0. The SMILES string of the molecule is O[CH2][Ge]([Cl])([Cl])[Cl]. The van der Waals surface area contributed by atoms with Gasteiger partial charge in [0.15, 0.2) is 0 Å². The van der Waals surface area contributed by atoms with E-state index in [1.165, 1.54) is 0 Å². The van der Waals surface area contributed by atoms with Crippen LogP contribution in [0.1, 0.15) is 0 Å². The van der Waals surface area contributed by atoms with Crippen LogP contribution in [0.5, 0.6) is 0 Å². The van der Waals surface area contributed by atoms with Gasteiger partial charge in [0.25, 0.3) is 0 Å². The van der Waals surface area contributed by atoms with Crippen molar-refractivity contribution in [3.8, 4) is 0 Å². The summed E-state index contributed by atoms with van der Waals surface area (Å²) in [6.45, 7) is 0. The van der Waals surface area contributed by atoms with Crippen LogP contribution in [-0.4, -0.2) is 21.0 Å². The van der Waals surface area contributed by atoms with Crippen molar-refractivity contribution in [1.29, 1.82) is 0 Å². The number of rotatable bonds is 1. The van der Waals surface area contributed by atoms with E-state index in [4.69, 9.17) is 35.1 Å². The fraction of sp³-hybridized carbons (Fsp3) is 1.00. The van der Waals surface area contributed by atoms with Gasteiger partial charge in [0.2, 0.25) is 0 Å². The number of halogens is 3. The summed E-state index contributed by atoms with van der Waals surface area (Å²) in [4.78, 5) is 0. The summed E-state index contributed by atoms with van der Waals surface area (Å²) < 4.78 is 0. The number of hydrogen-bond acceptors (Lipinski definition) is 1. The predicted molar refractivity (Wildman–Crippen MR) is 30.4 cm³/mol. The Morgan fingerprint density at radius 3 is 1.50 bits per heavy atom. The Morgan fingerprint density at radius 2 is 1.50 bits per heavy atom. The van der Waals surface area contributed by atoms with Gasteiger partial charge in [-0.05, 0) is 0 Å². The van der Waals surface area contributed by atoms with Gasteiger partial charge in [-0.3, -0.25) is 0 Å². The molecule has 0 saturated heterocycles. The normalized spacial score (nSPS) is 12.0. The van der Waals surface area contributed by atoms with Crippen molar-refractivity contribution in [3.63, 3.8) is 0 Å². The maximum atomic E-state index is 8.09. The molecule has 0 amide bonds. The van der Waals surface area contributed by atoms with Crippen molar-refractivity contribution in [1.82, 2.24) is 0 Å². The molecular formula is CH3Cl3GeO. The van der Waals surface area contributed by atoms with E-state index in [0.29, 0.717) is 0 Å². The molecular weight excluding hydrogens is 207 g/mol. The first-order valence-electron chi connectivity index (χ1n) is 1.24. The van der Waals surface area contributed by atoms with Crippen molar-refractivity contribution in [2.75, 3.05) is 5.44 Å². The van der Waals surface area contributed by atoms with Gasteiger partial charge >= 0.3 is 51.1 Å². The molecule has 6 heavy (non-hydrogen) atoms. The first kappa shape index (κ1) is 7.37. The van der Waals surface area contributed by atoms with E-state index >= 15 is 0 Å². The molecule has 0 aliphatic rings. The molecule has 0 unspecified atom stereocenters. The van der Waals surface area contributed by atoms with Crippen LogP contribution in [0.2, 0.25) is 0 Å². The molecule has 1 N–H and O–H groups in total. The summed E-state index contributed by atoms with van der Waals surface area (Å²) in [5, 5.41) is 8.09. The Labute approximate surface area is 51.1 Å². The third kappa shape index (κ3) is 5.37. The molecule has 0 aromatic rings. The first-order valence-corrected chi connectivity index (χ1v) is 11.0. The van der Waals surface area contributed by atoms with Crippen LogP contribution in [-0.2, 0) is 0 Å². The van der Waals surface area contributed by atoms with Crippen LogP contribution in [0.4, 0.5) is 0 Å². The number of aliphatic hydroxyl groups excluding tert-OH is 1. The Hall–Kier alpha value is 1.37. The van der Waals surface area contributed by atoms with Crippen LogP contribution in [0.15, 0.2) is 0 Å². The Morgan fingerprint density at radius 1 is 1.33 bits per heavy atom. The van der Waals surface area contributed by atoms with E-state index in [-0.39, 0.29) is 5.44 Å². The second-order valence-electron chi connectivity index (χ2n) is 0.773. The van der Waals surface area contributed by atoms with Gasteiger partial charge in [-0.2, -0.15) is 0 Å². The molecule has 0 rings (SSSR count). The second kappa shape index (κ2) is 2.62. The van der Waals surface area contributed by atoms with Gasteiger partial charge in [-0.15, -0.1) is 0 Å². The van der Waals surface area contributed by atoms with E-state index in [1.807, 2.05) is 0 Å². The molecule has 0 atom stereocenters. The fourth-order valence-corrected chi connectivity index (χ4v) is 0. The van der Waals surface area contributed by atoms with Gasteiger partial charge in [-0.25, -0.2) is 0 Å². The van der Waals surface area contributed by atoms with E-state index in [2.05, 4.69) is 0 Å². The van der Waals surface area contributed by atoms with Crippen LogP contribution in [0.25, 0.3) is 0 Å². The molecule has 5 heteroatoms. The summed E-state index contributed by atoms with van der Waals surface area (Å²) in [7, 11) is 12.5. The van der Waals surface area contributed by atoms with E-state index in [0.717, 1.165) is 0 Å². The molecule has 0 aliphatic carbocycles. The van der Waals surface area contributed by atoms with Gasteiger partial charge < -0.3 is 0 Å². The third-order valence-electron chi connectivity index (χ3n) is 0.179. The fourth-order valence-electron chi connectivity index (χ4n) is 0. The molecule has 0 bridgehead atoms. The first-order chi connectivity index (χ1) is 2.56. The molecule has 0 aliphatic heterocycles.